The highest BCUT2D eigenvalue weighted by Crippen LogP contribution is 2.83. The van der Waals surface area contributed by atoms with Crippen LogP contribution in [0.5, 0.6) is 0 Å². The molecule has 3 aliphatic rings. The number of benzene rings is 12. The molecule has 0 saturated heterocycles. The lowest BCUT2D eigenvalue weighted by atomic mass is 9.52. The Bertz CT molecular complexity index is 3430. The van der Waals surface area contributed by atoms with Crippen LogP contribution in [0.3, 0.4) is 0 Å². The summed E-state index contributed by atoms with van der Waals surface area (Å²) in [7, 11) is 0. The minimum atomic E-state index is -0.321. The quantitative estimate of drug-likeness (QED) is 0.134. The largest absolute Gasteiger partial charge is 0.0616 e. The molecule has 62 heavy (non-hydrogen) atoms. The van der Waals surface area contributed by atoms with Gasteiger partial charge in [-0.1, -0.05) is 173 Å². The summed E-state index contributed by atoms with van der Waals surface area (Å²) < 4.78 is 0. The molecular formula is C62H42. The Kier molecular flexibility index (Phi) is 5.81. The first-order chi connectivity index (χ1) is 30.3. The number of rotatable bonds is 0. The van der Waals surface area contributed by atoms with Crippen LogP contribution in [0.2, 0.25) is 0 Å². The molecule has 0 heteroatoms. The summed E-state index contributed by atoms with van der Waals surface area (Å²) in [6.07, 6.45) is 0. The van der Waals surface area contributed by atoms with E-state index in [2.05, 4.69) is 210 Å². The van der Waals surface area contributed by atoms with Crippen LogP contribution in [-0.2, 0) is 16.2 Å². The van der Waals surface area contributed by atoms with E-state index in [0.717, 1.165) is 0 Å². The molecule has 3 aliphatic carbocycles. The zero-order valence-electron chi connectivity index (χ0n) is 35.3. The molecule has 0 amide bonds. The molecule has 290 valence electrons. The average Bonchev–Trinajstić information content (AvgIpc) is 3.68. The first-order valence-corrected chi connectivity index (χ1v) is 22.4. The van der Waals surface area contributed by atoms with Gasteiger partial charge in [0.15, 0.2) is 0 Å². The fourth-order valence-corrected chi connectivity index (χ4v) is 14.9. The maximum atomic E-state index is 2.69. The highest BCUT2D eigenvalue weighted by molar-refractivity contribution is 6.28. The van der Waals surface area contributed by atoms with E-state index in [4.69, 9.17) is 0 Å². The van der Waals surface area contributed by atoms with E-state index in [1.165, 1.54) is 130 Å². The van der Waals surface area contributed by atoms with Crippen LogP contribution in [-0.4, -0.2) is 0 Å². The first-order valence-electron chi connectivity index (χ1n) is 22.4. The van der Waals surface area contributed by atoms with Gasteiger partial charge in [-0.15, -0.1) is 0 Å². The number of fused-ring (bicyclic) bond motifs is 27. The van der Waals surface area contributed by atoms with Crippen LogP contribution in [0.15, 0.2) is 182 Å². The van der Waals surface area contributed by atoms with E-state index < -0.39 is 0 Å². The number of hydrogen-bond acceptors (Lipinski definition) is 0. The summed E-state index contributed by atoms with van der Waals surface area (Å²) in [6.45, 7) is 10.6. The molecule has 15 rings (SSSR count). The lowest BCUT2D eigenvalue weighted by Gasteiger charge is -2.49. The molecule has 0 nitrogen and oxygen atoms in total. The van der Waals surface area contributed by atoms with E-state index in [1.54, 1.807) is 0 Å². The minimum absolute atomic E-state index is 0.255. The van der Waals surface area contributed by atoms with Crippen molar-refractivity contribution < 1.29 is 0 Å². The molecule has 0 aromatic heterocycles. The van der Waals surface area contributed by atoms with Crippen molar-refractivity contribution in [2.45, 2.75) is 43.9 Å². The summed E-state index contributed by atoms with van der Waals surface area (Å²) in [5.74, 6) is 0. The molecule has 0 fully saturated rings. The maximum Gasteiger partial charge on any atom is 0.0258 e. The lowest BCUT2D eigenvalue weighted by molar-refractivity contribution is 0.0998. The Hall–Kier alpha value is -7.02. The van der Waals surface area contributed by atoms with Gasteiger partial charge < -0.3 is 0 Å². The van der Waals surface area contributed by atoms with Crippen molar-refractivity contribution in [3.05, 3.63) is 215 Å². The molecule has 12 aromatic rings. The van der Waals surface area contributed by atoms with Gasteiger partial charge in [-0.05, 0) is 167 Å². The normalized spacial score (nSPS) is 23.4. The molecule has 0 spiro atoms. The predicted octanol–water partition coefficient (Wildman–Crippen LogP) is 16.3. The van der Waals surface area contributed by atoms with Crippen LogP contribution in [0.4, 0.5) is 0 Å². The highest BCUT2D eigenvalue weighted by atomic mass is 14.8. The Morgan fingerprint density at radius 2 is 0.323 bits per heavy atom. The predicted molar refractivity (Wildman–Crippen MR) is 264 cm³/mol. The van der Waals surface area contributed by atoms with Gasteiger partial charge in [0.1, 0.15) is 0 Å². The van der Waals surface area contributed by atoms with Crippen LogP contribution in [0.25, 0.3) is 97.0 Å². The Morgan fingerprint density at radius 1 is 0.194 bits per heavy atom. The van der Waals surface area contributed by atoms with Crippen molar-refractivity contribution in [2.75, 3.05) is 0 Å². The average molecular weight is 787 g/mol. The topological polar surface area (TPSA) is 0 Å². The van der Waals surface area contributed by atoms with Gasteiger partial charge >= 0.3 is 0 Å². The fraction of sp³-hybridized carbons (Fsp3) is 0.129. The maximum absolute atomic E-state index is 2.69. The van der Waals surface area contributed by atoms with E-state index in [-0.39, 0.29) is 21.7 Å². The summed E-state index contributed by atoms with van der Waals surface area (Å²) in [4.78, 5) is 0. The SMILES string of the molecule is CC12c3cc4c5ccccc5c5ccccc5c4cc3C3(C)c4cc5c6ccccc6c6ccccc6c5cc4C(C)(c4cc5c6ccccc6c6ccccc6c5cc41)C23C. The van der Waals surface area contributed by atoms with Crippen molar-refractivity contribution in [3.8, 4) is 0 Å². The molecule has 0 N–H and O–H groups in total. The third-order valence-electron chi connectivity index (χ3n) is 17.9. The molecule has 0 heterocycles. The van der Waals surface area contributed by atoms with Gasteiger partial charge in [0.25, 0.3) is 0 Å². The fourth-order valence-electron chi connectivity index (χ4n) is 14.9. The zero-order valence-corrected chi connectivity index (χ0v) is 35.3. The highest BCUT2D eigenvalue weighted by Gasteiger charge is 2.80. The molecule has 0 bridgehead atoms. The standard InChI is InChI=1S/C62H42/c1-59-53-29-47-41-23-11-5-17-35(41)37-19-7-13-25-43(37)49(47)31-55(53)60(2)57-33-51-45-27-15-9-21-39(45)40-22-10-16-28-46(40)52(51)34-58(57)61(3,62(59,60)4)56-32-50-44-26-14-8-20-38(44)36-18-6-12-24-42(36)48(50)30-54(56)59/h5-34H,1-4H3. The second-order valence-corrected chi connectivity index (χ2v) is 19.6. The van der Waals surface area contributed by atoms with E-state index in [0.29, 0.717) is 0 Å². The number of hydrogen-bond donors (Lipinski definition) is 0. The van der Waals surface area contributed by atoms with Crippen LogP contribution < -0.4 is 0 Å². The Morgan fingerprint density at radius 3 is 0.468 bits per heavy atom. The van der Waals surface area contributed by atoms with E-state index in [9.17, 15) is 0 Å². The van der Waals surface area contributed by atoms with Gasteiger partial charge in [-0.25, -0.2) is 0 Å². The Balaban J connectivity index is 1.19. The van der Waals surface area contributed by atoms with Crippen molar-refractivity contribution in [3.63, 3.8) is 0 Å². The van der Waals surface area contributed by atoms with Gasteiger partial charge in [-0.2, -0.15) is 0 Å². The van der Waals surface area contributed by atoms with Crippen molar-refractivity contribution in [2.24, 2.45) is 5.41 Å². The van der Waals surface area contributed by atoms with Gasteiger partial charge in [0.05, 0.1) is 0 Å². The third kappa shape index (κ3) is 3.37. The Labute approximate surface area is 360 Å². The van der Waals surface area contributed by atoms with E-state index >= 15 is 0 Å². The molecule has 0 aliphatic heterocycles. The van der Waals surface area contributed by atoms with E-state index in [1.807, 2.05) is 0 Å². The van der Waals surface area contributed by atoms with Crippen LogP contribution in [0.1, 0.15) is 61.1 Å². The van der Waals surface area contributed by atoms with Gasteiger partial charge in [0, 0.05) is 21.7 Å². The third-order valence-corrected chi connectivity index (χ3v) is 17.9. The zero-order chi connectivity index (χ0) is 41.1. The van der Waals surface area contributed by atoms with Crippen molar-refractivity contribution in [1.29, 1.82) is 0 Å². The summed E-state index contributed by atoms with van der Waals surface area (Å²) in [5, 5.41) is 24.1. The second kappa shape index (κ2) is 10.7. The van der Waals surface area contributed by atoms with Gasteiger partial charge in [0.2, 0.25) is 0 Å². The molecule has 0 saturated carbocycles. The van der Waals surface area contributed by atoms with Crippen LogP contribution >= 0.6 is 0 Å². The smallest absolute Gasteiger partial charge is 0.0258 e. The molecule has 0 atom stereocenters. The monoisotopic (exact) mass is 786 g/mol. The van der Waals surface area contributed by atoms with Crippen LogP contribution in [0, 0.1) is 5.41 Å². The first kappa shape index (κ1) is 33.7. The summed E-state index contributed by atoms with van der Waals surface area (Å²) >= 11 is 0. The summed E-state index contributed by atoms with van der Waals surface area (Å²) in [5.41, 5.74) is 7.69. The minimum Gasteiger partial charge on any atom is -0.0616 e. The lowest BCUT2D eigenvalue weighted by Crippen LogP contribution is -2.51. The van der Waals surface area contributed by atoms with Gasteiger partial charge in [-0.3, -0.25) is 0 Å². The molecule has 0 radical (unpaired) electrons. The van der Waals surface area contributed by atoms with Crippen molar-refractivity contribution in [1.82, 2.24) is 0 Å². The molecular weight excluding hydrogens is 745 g/mol. The summed E-state index contributed by atoms with van der Waals surface area (Å²) in [6, 6.07) is 70.6. The molecule has 0 unspecified atom stereocenters. The van der Waals surface area contributed by atoms with Crippen molar-refractivity contribution >= 4 is 97.0 Å². The second-order valence-electron chi connectivity index (χ2n) is 19.6. The molecule has 12 aromatic carbocycles.